The maximum absolute atomic E-state index is 12.5. The minimum absolute atomic E-state index is 0.177. The van der Waals surface area contributed by atoms with Crippen LogP contribution in [0.1, 0.15) is 23.5 Å². The van der Waals surface area contributed by atoms with Crippen LogP contribution in [-0.4, -0.2) is 15.0 Å². The average Bonchev–Trinajstić information content (AvgIpc) is 2.50. The van der Waals surface area contributed by atoms with Crippen molar-refractivity contribution in [3.05, 3.63) is 60.7 Å². The maximum Gasteiger partial charge on any atom is 0.332 e. The number of benzene rings is 1. The molecule has 0 saturated heterocycles. The van der Waals surface area contributed by atoms with Gasteiger partial charge in [-0.3, -0.25) is 18.7 Å². The summed E-state index contributed by atoms with van der Waals surface area (Å²) < 4.78 is 3.25. The number of hydrogen-bond donors (Lipinski definition) is 1. The van der Waals surface area contributed by atoms with Crippen LogP contribution in [0.4, 0.5) is 5.82 Å². The van der Waals surface area contributed by atoms with Crippen molar-refractivity contribution in [1.82, 2.24) is 9.13 Å². The summed E-state index contributed by atoms with van der Waals surface area (Å²) in [5, 5.41) is 2.65. The van der Waals surface area contributed by atoms with E-state index in [1.54, 1.807) is 7.05 Å². The van der Waals surface area contributed by atoms with Gasteiger partial charge in [0.25, 0.3) is 5.56 Å². The molecule has 0 bridgehead atoms. The van der Waals surface area contributed by atoms with Crippen LogP contribution in [0.15, 0.2) is 38.3 Å². The van der Waals surface area contributed by atoms with Crippen LogP contribution in [0.5, 0.6) is 0 Å². The zero-order valence-corrected chi connectivity index (χ0v) is 13.7. The van der Waals surface area contributed by atoms with Crippen molar-refractivity contribution in [1.29, 1.82) is 0 Å². The summed E-state index contributed by atoms with van der Waals surface area (Å²) in [5.74, 6) is -0.290. The summed E-state index contributed by atoms with van der Waals surface area (Å²) in [6.45, 7) is 0. The van der Waals surface area contributed by atoms with E-state index in [1.807, 2.05) is 24.3 Å². The zero-order valence-electron chi connectivity index (χ0n) is 12.1. The minimum Gasteiger partial charge on any atom is -0.312 e. The minimum atomic E-state index is -0.459. The molecule has 22 heavy (non-hydrogen) atoms. The average molecular weight is 364 g/mol. The monoisotopic (exact) mass is 363 g/mol. The van der Waals surface area contributed by atoms with Crippen molar-refractivity contribution < 1.29 is 4.79 Å². The predicted molar refractivity (Wildman–Crippen MR) is 86.2 cm³/mol. The number of nitrogens with one attached hydrogen (secondary N) is 1. The number of halogens is 1. The fourth-order valence-corrected chi connectivity index (χ4v) is 3.23. The Labute approximate surface area is 134 Å². The SMILES string of the molecule is Cn1c2c(c(=O)n(C)c1=O)C(c1cccc(Br)c1)CC(=O)N2. The van der Waals surface area contributed by atoms with Crippen LogP contribution in [0.3, 0.4) is 0 Å². The molecule has 2 aromatic rings. The normalized spacial score (nSPS) is 17.0. The van der Waals surface area contributed by atoms with Gasteiger partial charge >= 0.3 is 5.69 Å². The summed E-state index contributed by atoms with van der Waals surface area (Å²) in [6.07, 6.45) is 0.177. The lowest BCUT2D eigenvalue weighted by Crippen LogP contribution is -2.44. The highest BCUT2D eigenvalue weighted by atomic mass is 79.9. The molecule has 2 heterocycles. The van der Waals surface area contributed by atoms with Crippen molar-refractivity contribution in [3.8, 4) is 0 Å². The van der Waals surface area contributed by atoms with Gasteiger partial charge in [0.05, 0.1) is 5.56 Å². The molecule has 1 unspecified atom stereocenters. The molecule has 0 aliphatic carbocycles. The number of carbonyl (C=O) groups excluding carboxylic acids is 1. The first-order valence-corrected chi connectivity index (χ1v) is 7.54. The quantitative estimate of drug-likeness (QED) is 0.830. The number of nitrogens with zero attached hydrogens (tertiary/aromatic N) is 2. The van der Waals surface area contributed by atoms with Crippen molar-refractivity contribution in [3.63, 3.8) is 0 Å². The Hall–Kier alpha value is -2.15. The number of anilines is 1. The third kappa shape index (κ3) is 2.21. The highest BCUT2D eigenvalue weighted by molar-refractivity contribution is 9.10. The standard InChI is InChI=1S/C15H14BrN3O3/c1-18-13-12(14(21)19(2)15(18)22)10(7-11(20)17-13)8-4-3-5-9(16)6-8/h3-6,10H,7H2,1-2H3,(H,17,20). The third-order valence-electron chi connectivity index (χ3n) is 3.95. The van der Waals surface area contributed by atoms with E-state index in [9.17, 15) is 14.4 Å². The summed E-state index contributed by atoms with van der Waals surface area (Å²) >= 11 is 3.40. The van der Waals surface area contributed by atoms with E-state index in [0.717, 1.165) is 14.6 Å². The van der Waals surface area contributed by atoms with Crippen molar-refractivity contribution >= 4 is 27.7 Å². The van der Waals surface area contributed by atoms with E-state index in [2.05, 4.69) is 21.2 Å². The Morgan fingerprint density at radius 2 is 1.91 bits per heavy atom. The first kappa shape index (κ1) is 14.8. The number of aromatic nitrogens is 2. The Morgan fingerprint density at radius 1 is 1.18 bits per heavy atom. The number of rotatable bonds is 1. The van der Waals surface area contributed by atoms with E-state index in [1.165, 1.54) is 11.6 Å². The van der Waals surface area contributed by atoms with Gasteiger partial charge in [-0.25, -0.2) is 4.79 Å². The van der Waals surface area contributed by atoms with Gasteiger partial charge in [0.1, 0.15) is 5.82 Å². The van der Waals surface area contributed by atoms with Gasteiger partial charge in [-0.1, -0.05) is 28.1 Å². The van der Waals surface area contributed by atoms with Crippen molar-refractivity contribution in [2.45, 2.75) is 12.3 Å². The highest BCUT2D eigenvalue weighted by Gasteiger charge is 2.32. The highest BCUT2D eigenvalue weighted by Crippen LogP contribution is 2.34. The molecule has 1 amide bonds. The molecule has 0 saturated carbocycles. The lowest BCUT2D eigenvalue weighted by Gasteiger charge is -2.27. The Morgan fingerprint density at radius 3 is 2.59 bits per heavy atom. The van der Waals surface area contributed by atoms with Crippen LogP contribution in [-0.2, 0) is 18.9 Å². The molecule has 1 aromatic carbocycles. The number of hydrogen-bond acceptors (Lipinski definition) is 3. The predicted octanol–water partition coefficient (Wildman–Crippen LogP) is 1.32. The first-order valence-electron chi connectivity index (χ1n) is 6.75. The third-order valence-corrected chi connectivity index (χ3v) is 4.44. The second-order valence-electron chi connectivity index (χ2n) is 5.33. The molecule has 1 aliphatic heterocycles. The van der Waals surface area contributed by atoms with E-state index in [4.69, 9.17) is 0 Å². The van der Waals surface area contributed by atoms with Gasteiger partial charge in [0.2, 0.25) is 5.91 Å². The number of fused-ring (bicyclic) bond motifs is 1. The topological polar surface area (TPSA) is 73.1 Å². The van der Waals surface area contributed by atoms with Gasteiger partial charge in [-0.15, -0.1) is 0 Å². The lowest BCUT2D eigenvalue weighted by molar-refractivity contribution is -0.116. The van der Waals surface area contributed by atoms with Crippen molar-refractivity contribution in [2.24, 2.45) is 14.1 Å². The molecular formula is C15H14BrN3O3. The van der Waals surface area contributed by atoms with E-state index in [0.29, 0.717) is 5.56 Å². The fourth-order valence-electron chi connectivity index (χ4n) is 2.81. The van der Waals surface area contributed by atoms with E-state index >= 15 is 0 Å². The van der Waals surface area contributed by atoms with E-state index in [-0.39, 0.29) is 29.6 Å². The van der Waals surface area contributed by atoms with Crippen LogP contribution in [0.2, 0.25) is 0 Å². The number of amides is 1. The molecule has 7 heteroatoms. The summed E-state index contributed by atoms with van der Waals surface area (Å²) in [5.41, 5.74) is 0.477. The largest absolute Gasteiger partial charge is 0.332 e. The van der Waals surface area contributed by atoms with Gasteiger partial charge in [-0.2, -0.15) is 0 Å². The molecular weight excluding hydrogens is 350 g/mol. The fraction of sp³-hybridized carbons (Fsp3) is 0.267. The second kappa shape index (κ2) is 5.24. The van der Waals surface area contributed by atoms with Gasteiger partial charge in [0, 0.05) is 30.9 Å². The Balaban J connectivity index is 2.33. The molecule has 3 rings (SSSR count). The summed E-state index contributed by atoms with van der Waals surface area (Å²) in [4.78, 5) is 36.6. The molecule has 1 aromatic heterocycles. The molecule has 1 N–H and O–H groups in total. The van der Waals surface area contributed by atoms with Crippen LogP contribution >= 0.6 is 15.9 Å². The summed E-state index contributed by atoms with van der Waals surface area (Å²) in [6, 6.07) is 7.50. The van der Waals surface area contributed by atoms with Crippen molar-refractivity contribution in [2.75, 3.05) is 5.32 Å². The molecule has 0 spiro atoms. The van der Waals surface area contributed by atoms with Crippen LogP contribution in [0, 0.1) is 0 Å². The zero-order chi connectivity index (χ0) is 16.0. The molecule has 0 fully saturated rings. The molecule has 0 radical (unpaired) electrons. The first-order chi connectivity index (χ1) is 10.4. The van der Waals surface area contributed by atoms with Gasteiger partial charge in [-0.05, 0) is 17.7 Å². The molecule has 6 nitrogen and oxygen atoms in total. The second-order valence-corrected chi connectivity index (χ2v) is 6.24. The maximum atomic E-state index is 12.5. The van der Waals surface area contributed by atoms with E-state index < -0.39 is 5.69 Å². The van der Waals surface area contributed by atoms with Gasteiger partial charge < -0.3 is 5.32 Å². The molecule has 1 aliphatic rings. The Kier molecular flexibility index (Phi) is 3.52. The van der Waals surface area contributed by atoms with Crippen LogP contribution < -0.4 is 16.6 Å². The smallest absolute Gasteiger partial charge is 0.312 e. The lowest BCUT2D eigenvalue weighted by atomic mass is 9.87. The Bertz CT molecular complexity index is 898. The molecule has 1 atom stereocenters. The number of carbonyl (C=O) groups is 1. The van der Waals surface area contributed by atoms with Gasteiger partial charge in [0.15, 0.2) is 0 Å². The van der Waals surface area contributed by atoms with Crippen LogP contribution in [0.25, 0.3) is 0 Å². The summed E-state index contributed by atoms with van der Waals surface area (Å²) in [7, 11) is 2.99. The molecule has 114 valence electrons.